The van der Waals surface area contributed by atoms with Gasteiger partial charge >= 0.3 is 6.18 Å². The number of hydrogen-bond acceptors (Lipinski definition) is 6. The Kier molecular flexibility index (Phi) is 6.21. The third kappa shape index (κ3) is 6.63. The molecule has 0 spiro atoms. The van der Waals surface area contributed by atoms with Crippen LogP contribution in [0.2, 0.25) is 0 Å². The van der Waals surface area contributed by atoms with Crippen molar-refractivity contribution in [3.8, 4) is 0 Å². The number of carbonyl (C=O) groups excluding carboxylic acids is 1. The molecule has 6 nitrogen and oxygen atoms in total. The molecule has 0 aromatic carbocycles. The van der Waals surface area contributed by atoms with Gasteiger partial charge in [-0.15, -0.1) is 0 Å². The third-order valence-corrected chi connectivity index (χ3v) is 3.07. The number of carbonyl (C=O) groups is 1. The van der Waals surface area contributed by atoms with Crippen molar-refractivity contribution in [2.45, 2.75) is 26.1 Å². The van der Waals surface area contributed by atoms with E-state index in [1.807, 2.05) is 13.8 Å². The van der Waals surface area contributed by atoms with E-state index in [-0.39, 0.29) is 29.9 Å². The summed E-state index contributed by atoms with van der Waals surface area (Å²) in [4.78, 5) is 16.0. The highest BCUT2D eigenvalue weighted by molar-refractivity contribution is 7.18. The lowest BCUT2D eigenvalue weighted by Gasteiger charge is -2.08. The van der Waals surface area contributed by atoms with Crippen LogP contribution < -0.4 is 16.4 Å². The third-order valence-electron chi connectivity index (χ3n) is 2.07. The average Bonchev–Trinajstić information content (AvgIpc) is 2.67. The number of aromatic nitrogens is 1. The zero-order chi connectivity index (χ0) is 16.0. The molecule has 0 fully saturated rings. The summed E-state index contributed by atoms with van der Waals surface area (Å²) in [5.74, 6) is -0.408. The van der Waals surface area contributed by atoms with Crippen molar-refractivity contribution in [3.05, 3.63) is 4.88 Å². The highest BCUT2D eigenvalue weighted by Gasteiger charge is 2.27. The Labute approximate surface area is 123 Å². The van der Waals surface area contributed by atoms with E-state index in [9.17, 15) is 18.0 Å². The molecule has 120 valence electrons. The van der Waals surface area contributed by atoms with Crippen LogP contribution in [0.1, 0.15) is 23.5 Å². The second-order valence-electron chi connectivity index (χ2n) is 4.46. The molecule has 0 aliphatic heterocycles. The first kappa shape index (κ1) is 17.5. The second-order valence-corrected chi connectivity index (χ2v) is 5.46. The maximum Gasteiger partial charge on any atom is 0.411 e. The summed E-state index contributed by atoms with van der Waals surface area (Å²) in [7, 11) is 0. The van der Waals surface area contributed by atoms with Gasteiger partial charge in [-0.05, 0) is 13.8 Å². The largest absolute Gasteiger partial charge is 0.411 e. The van der Waals surface area contributed by atoms with Gasteiger partial charge in [-0.2, -0.15) is 13.2 Å². The van der Waals surface area contributed by atoms with Crippen LogP contribution in [0.4, 0.5) is 24.1 Å². The standard InChI is InChI=1S/C11H17F3N4O2S/c1-6(2)17-10-18-8(15)7(21-10)9(19)16-3-4-20-5-11(12,13)14/h6H,3-5,15H2,1-2H3,(H,16,19)(H,17,18). The molecular formula is C11H17F3N4O2S. The molecule has 0 saturated carbocycles. The van der Waals surface area contributed by atoms with Crippen molar-refractivity contribution in [1.82, 2.24) is 10.3 Å². The number of anilines is 2. The minimum absolute atomic E-state index is 0.0425. The number of nitrogens with two attached hydrogens (primary N) is 1. The van der Waals surface area contributed by atoms with Crippen molar-refractivity contribution in [3.63, 3.8) is 0 Å². The fraction of sp³-hybridized carbons (Fsp3) is 0.636. The zero-order valence-electron chi connectivity index (χ0n) is 11.6. The number of amides is 1. The Morgan fingerprint density at radius 3 is 2.71 bits per heavy atom. The second kappa shape index (κ2) is 7.46. The lowest BCUT2D eigenvalue weighted by Crippen LogP contribution is -2.28. The molecule has 0 atom stereocenters. The van der Waals surface area contributed by atoms with E-state index in [1.54, 1.807) is 0 Å². The molecule has 0 radical (unpaired) electrons. The average molecular weight is 326 g/mol. The number of hydrogen-bond donors (Lipinski definition) is 3. The van der Waals surface area contributed by atoms with Gasteiger partial charge < -0.3 is 21.1 Å². The Morgan fingerprint density at radius 2 is 2.14 bits per heavy atom. The van der Waals surface area contributed by atoms with Crippen LogP contribution in [0, 0.1) is 0 Å². The number of ether oxygens (including phenoxy) is 1. The Hall–Kier alpha value is -1.55. The van der Waals surface area contributed by atoms with Gasteiger partial charge in [0.25, 0.3) is 5.91 Å². The van der Waals surface area contributed by atoms with E-state index < -0.39 is 18.7 Å². The molecule has 0 unspecified atom stereocenters. The molecule has 1 amide bonds. The Bertz CT molecular complexity index is 477. The predicted molar refractivity (Wildman–Crippen MR) is 74.5 cm³/mol. The van der Waals surface area contributed by atoms with Gasteiger partial charge in [0.05, 0.1) is 6.61 Å². The summed E-state index contributed by atoms with van der Waals surface area (Å²) >= 11 is 1.08. The minimum Gasteiger partial charge on any atom is -0.382 e. The van der Waals surface area contributed by atoms with Gasteiger partial charge in [-0.1, -0.05) is 11.3 Å². The topological polar surface area (TPSA) is 89.3 Å². The van der Waals surface area contributed by atoms with Gasteiger partial charge in [0.2, 0.25) is 0 Å². The van der Waals surface area contributed by atoms with Gasteiger partial charge in [-0.25, -0.2) is 4.98 Å². The highest BCUT2D eigenvalue weighted by Crippen LogP contribution is 2.25. The molecule has 1 aromatic rings. The van der Waals surface area contributed by atoms with Gasteiger partial charge in [0.1, 0.15) is 17.3 Å². The zero-order valence-corrected chi connectivity index (χ0v) is 12.4. The van der Waals surface area contributed by atoms with Gasteiger partial charge in [-0.3, -0.25) is 4.79 Å². The molecule has 0 aliphatic rings. The molecule has 0 saturated heterocycles. The lowest BCUT2D eigenvalue weighted by atomic mass is 10.4. The number of rotatable bonds is 7. The van der Waals surface area contributed by atoms with Crippen molar-refractivity contribution in [2.24, 2.45) is 0 Å². The monoisotopic (exact) mass is 326 g/mol. The summed E-state index contributed by atoms with van der Waals surface area (Å²) in [6.07, 6.45) is -4.37. The van der Waals surface area contributed by atoms with Gasteiger partial charge in [0, 0.05) is 12.6 Å². The first-order valence-corrected chi connectivity index (χ1v) is 6.96. The Morgan fingerprint density at radius 1 is 1.48 bits per heavy atom. The van der Waals surface area contributed by atoms with Crippen LogP contribution in [0.25, 0.3) is 0 Å². The molecule has 4 N–H and O–H groups in total. The number of nitrogen functional groups attached to an aromatic ring is 1. The normalized spacial score (nSPS) is 11.7. The van der Waals surface area contributed by atoms with E-state index in [0.717, 1.165) is 11.3 Å². The fourth-order valence-corrected chi connectivity index (χ4v) is 2.26. The van der Waals surface area contributed by atoms with Gasteiger partial charge in [0.15, 0.2) is 5.13 Å². The maximum atomic E-state index is 11.8. The molecule has 0 bridgehead atoms. The SMILES string of the molecule is CC(C)Nc1nc(N)c(C(=O)NCCOCC(F)(F)F)s1. The highest BCUT2D eigenvalue weighted by atomic mass is 32.1. The predicted octanol–water partition coefficient (Wildman–Crippen LogP) is 1.85. The molecule has 1 heterocycles. The fourth-order valence-electron chi connectivity index (χ4n) is 1.31. The van der Waals surface area contributed by atoms with E-state index >= 15 is 0 Å². The van der Waals surface area contributed by atoms with E-state index in [1.165, 1.54) is 0 Å². The summed E-state index contributed by atoms with van der Waals surface area (Å²) in [5, 5.41) is 5.95. The van der Waals surface area contributed by atoms with E-state index in [0.29, 0.717) is 5.13 Å². The van der Waals surface area contributed by atoms with Crippen LogP contribution >= 0.6 is 11.3 Å². The quantitative estimate of drug-likeness (QED) is 0.666. The van der Waals surface area contributed by atoms with Crippen LogP contribution in [0.5, 0.6) is 0 Å². The van der Waals surface area contributed by atoms with E-state index in [4.69, 9.17) is 5.73 Å². The van der Waals surface area contributed by atoms with Crippen molar-refractivity contribution in [1.29, 1.82) is 0 Å². The number of nitrogens with zero attached hydrogens (tertiary/aromatic N) is 1. The van der Waals surface area contributed by atoms with Crippen LogP contribution in [-0.4, -0.2) is 42.9 Å². The number of halogens is 3. The lowest BCUT2D eigenvalue weighted by molar-refractivity contribution is -0.173. The molecule has 10 heteroatoms. The van der Waals surface area contributed by atoms with Crippen molar-refractivity contribution < 1.29 is 22.7 Å². The van der Waals surface area contributed by atoms with Crippen molar-refractivity contribution >= 4 is 28.2 Å². The first-order chi connectivity index (χ1) is 9.69. The minimum atomic E-state index is -4.37. The molecule has 1 aromatic heterocycles. The van der Waals surface area contributed by atoms with Crippen LogP contribution in [0.15, 0.2) is 0 Å². The van der Waals surface area contributed by atoms with Crippen LogP contribution in [-0.2, 0) is 4.74 Å². The molecule has 0 aliphatic carbocycles. The summed E-state index contributed by atoms with van der Waals surface area (Å²) in [6, 6.07) is 0.141. The smallest absolute Gasteiger partial charge is 0.382 e. The first-order valence-electron chi connectivity index (χ1n) is 6.14. The summed E-state index contributed by atoms with van der Waals surface area (Å²) in [5.41, 5.74) is 5.62. The van der Waals surface area contributed by atoms with Crippen molar-refractivity contribution in [2.75, 3.05) is 30.8 Å². The van der Waals surface area contributed by atoms with Crippen LogP contribution in [0.3, 0.4) is 0 Å². The number of alkyl halides is 3. The number of nitrogens with one attached hydrogen (secondary N) is 2. The summed E-state index contributed by atoms with van der Waals surface area (Å²) in [6.45, 7) is 2.21. The molecule has 1 rings (SSSR count). The summed E-state index contributed by atoms with van der Waals surface area (Å²) < 4.78 is 39.8. The van der Waals surface area contributed by atoms with E-state index in [2.05, 4.69) is 20.4 Å². The molecular weight excluding hydrogens is 309 g/mol. The molecule has 21 heavy (non-hydrogen) atoms. The Balaban J connectivity index is 2.40. The maximum absolute atomic E-state index is 11.8. The number of thiazole rings is 1.